The van der Waals surface area contributed by atoms with Gasteiger partial charge in [0, 0.05) is 25.5 Å². The Morgan fingerprint density at radius 2 is 2.05 bits per heavy atom. The molecule has 0 bridgehead atoms. The van der Waals surface area contributed by atoms with E-state index in [9.17, 15) is 4.79 Å². The molecule has 0 saturated heterocycles. The highest BCUT2D eigenvalue weighted by Crippen LogP contribution is 2.37. The van der Waals surface area contributed by atoms with Crippen LogP contribution in [0.15, 0.2) is 24.5 Å². The molecular formula is C13H21Cl2N3O. The summed E-state index contributed by atoms with van der Waals surface area (Å²) in [7, 11) is 0. The highest BCUT2D eigenvalue weighted by molar-refractivity contribution is 5.85. The van der Waals surface area contributed by atoms with Crippen molar-refractivity contribution in [1.82, 2.24) is 10.3 Å². The fourth-order valence-corrected chi connectivity index (χ4v) is 2.45. The fraction of sp³-hybridized carbons (Fsp3) is 0.538. The Morgan fingerprint density at radius 1 is 1.37 bits per heavy atom. The van der Waals surface area contributed by atoms with Crippen LogP contribution in [0.4, 0.5) is 0 Å². The minimum absolute atomic E-state index is 0. The molecule has 1 aliphatic rings. The van der Waals surface area contributed by atoms with E-state index in [0.29, 0.717) is 13.1 Å². The number of rotatable bonds is 4. The van der Waals surface area contributed by atoms with Gasteiger partial charge in [-0.3, -0.25) is 9.78 Å². The molecule has 1 aromatic rings. The SMILES string of the molecule is Cl.Cl.NCC1(C(=O)NCc2cccnc2)CCCC1. The van der Waals surface area contributed by atoms with Crippen molar-refractivity contribution in [3.8, 4) is 0 Å². The molecule has 0 aliphatic heterocycles. The summed E-state index contributed by atoms with van der Waals surface area (Å²) >= 11 is 0. The summed E-state index contributed by atoms with van der Waals surface area (Å²) in [6, 6.07) is 3.83. The van der Waals surface area contributed by atoms with Gasteiger partial charge in [0.2, 0.25) is 5.91 Å². The predicted octanol–water partition coefficient (Wildman–Crippen LogP) is 2.06. The lowest BCUT2D eigenvalue weighted by atomic mass is 9.85. The highest BCUT2D eigenvalue weighted by Gasteiger charge is 2.39. The number of nitrogens with zero attached hydrogens (tertiary/aromatic N) is 1. The second-order valence-corrected chi connectivity index (χ2v) is 4.74. The minimum Gasteiger partial charge on any atom is -0.351 e. The molecule has 1 aromatic heterocycles. The third-order valence-corrected chi connectivity index (χ3v) is 3.61. The van der Waals surface area contributed by atoms with Crippen LogP contribution >= 0.6 is 24.8 Å². The van der Waals surface area contributed by atoms with Crippen molar-refractivity contribution in [2.45, 2.75) is 32.2 Å². The van der Waals surface area contributed by atoms with Gasteiger partial charge in [0.15, 0.2) is 0 Å². The number of pyridine rings is 1. The van der Waals surface area contributed by atoms with Crippen molar-refractivity contribution < 1.29 is 4.79 Å². The number of aromatic nitrogens is 1. The molecule has 1 aliphatic carbocycles. The molecule has 1 heterocycles. The first-order valence-corrected chi connectivity index (χ1v) is 6.14. The van der Waals surface area contributed by atoms with Crippen LogP contribution in [0.3, 0.4) is 0 Å². The Bertz CT molecular complexity index is 381. The molecule has 1 fully saturated rings. The van der Waals surface area contributed by atoms with Crippen molar-refractivity contribution in [1.29, 1.82) is 0 Å². The molecule has 3 N–H and O–H groups in total. The quantitative estimate of drug-likeness (QED) is 0.894. The van der Waals surface area contributed by atoms with Gasteiger partial charge in [-0.2, -0.15) is 0 Å². The number of nitrogens with two attached hydrogens (primary N) is 1. The van der Waals surface area contributed by atoms with Crippen LogP contribution in [0.1, 0.15) is 31.2 Å². The highest BCUT2D eigenvalue weighted by atomic mass is 35.5. The van der Waals surface area contributed by atoms with E-state index < -0.39 is 0 Å². The lowest BCUT2D eigenvalue weighted by Crippen LogP contribution is -2.43. The zero-order valence-corrected chi connectivity index (χ0v) is 12.4. The van der Waals surface area contributed by atoms with Crippen molar-refractivity contribution in [3.05, 3.63) is 30.1 Å². The molecule has 0 unspecified atom stereocenters. The molecule has 108 valence electrons. The largest absolute Gasteiger partial charge is 0.351 e. The number of hydrogen-bond donors (Lipinski definition) is 2. The summed E-state index contributed by atoms with van der Waals surface area (Å²) in [4.78, 5) is 16.2. The minimum atomic E-state index is -0.317. The van der Waals surface area contributed by atoms with Gasteiger partial charge in [0.25, 0.3) is 0 Å². The average Bonchev–Trinajstić information content (AvgIpc) is 2.87. The molecular weight excluding hydrogens is 285 g/mol. The summed E-state index contributed by atoms with van der Waals surface area (Å²) in [5.74, 6) is 0.0985. The van der Waals surface area contributed by atoms with E-state index in [4.69, 9.17) is 5.73 Å². The summed E-state index contributed by atoms with van der Waals surface area (Å²) in [5.41, 5.74) is 6.47. The van der Waals surface area contributed by atoms with Crippen LogP contribution in [-0.2, 0) is 11.3 Å². The number of amides is 1. The number of nitrogens with one attached hydrogen (secondary N) is 1. The number of carbonyl (C=O) groups is 1. The lowest BCUT2D eigenvalue weighted by Gasteiger charge is -2.25. The molecule has 1 amide bonds. The van der Waals surface area contributed by atoms with Gasteiger partial charge in [0.1, 0.15) is 0 Å². The van der Waals surface area contributed by atoms with E-state index in [0.717, 1.165) is 31.2 Å². The fourth-order valence-electron chi connectivity index (χ4n) is 2.45. The molecule has 4 nitrogen and oxygen atoms in total. The van der Waals surface area contributed by atoms with Crippen molar-refractivity contribution in [2.75, 3.05) is 6.54 Å². The van der Waals surface area contributed by atoms with Gasteiger partial charge in [-0.25, -0.2) is 0 Å². The monoisotopic (exact) mass is 305 g/mol. The molecule has 0 radical (unpaired) electrons. The third kappa shape index (κ3) is 4.34. The van der Waals surface area contributed by atoms with Gasteiger partial charge in [0.05, 0.1) is 5.41 Å². The zero-order valence-electron chi connectivity index (χ0n) is 10.8. The maximum atomic E-state index is 12.2. The normalized spacial score (nSPS) is 16.1. The molecule has 1 saturated carbocycles. The first-order chi connectivity index (χ1) is 8.27. The second kappa shape index (κ2) is 8.35. The summed E-state index contributed by atoms with van der Waals surface area (Å²) in [5, 5.41) is 2.97. The van der Waals surface area contributed by atoms with Crippen LogP contribution in [0.2, 0.25) is 0 Å². The van der Waals surface area contributed by atoms with Gasteiger partial charge < -0.3 is 11.1 Å². The first-order valence-electron chi connectivity index (χ1n) is 6.14. The molecule has 0 spiro atoms. The Balaban J connectivity index is 0.00000162. The molecule has 2 rings (SSSR count). The van der Waals surface area contributed by atoms with E-state index in [-0.39, 0.29) is 36.1 Å². The summed E-state index contributed by atoms with van der Waals surface area (Å²) < 4.78 is 0. The van der Waals surface area contributed by atoms with Crippen LogP contribution in [0.5, 0.6) is 0 Å². The molecule has 19 heavy (non-hydrogen) atoms. The number of carbonyl (C=O) groups excluding carboxylic acids is 1. The van der Waals surface area contributed by atoms with E-state index in [1.165, 1.54) is 0 Å². The standard InChI is InChI=1S/C13H19N3O.2ClH/c14-10-13(5-1-2-6-13)12(17)16-9-11-4-3-7-15-8-11;;/h3-4,7-8H,1-2,5-6,9-10,14H2,(H,16,17);2*1H. The van der Waals surface area contributed by atoms with E-state index >= 15 is 0 Å². The van der Waals surface area contributed by atoms with Crippen LogP contribution in [0, 0.1) is 5.41 Å². The van der Waals surface area contributed by atoms with Gasteiger partial charge in [-0.05, 0) is 24.5 Å². The average molecular weight is 306 g/mol. The Morgan fingerprint density at radius 3 is 2.58 bits per heavy atom. The lowest BCUT2D eigenvalue weighted by molar-refractivity contribution is -0.130. The number of halogens is 2. The predicted molar refractivity (Wildman–Crippen MR) is 80.5 cm³/mol. The molecule has 0 aromatic carbocycles. The second-order valence-electron chi connectivity index (χ2n) is 4.74. The van der Waals surface area contributed by atoms with Crippen molar-refractivity contribution in [3.63, 3.8) is 0 Å². The Hall–Kier alpha value is -0.840. The molecule has 6 heteroatoms. The third-order valence-electron chi connectivity index (χ3n) is 3.61. The van der Waals surface area contributed by atoms with Crippen LogP contribution in [-0.4, -0.2) is 17.4 Å². The van der Waals surface area contributed by atoms with Crippen LogP contribution < -0.4 is 11.1 Å². The van der Waals surface area contributed by atoms with Crippen molar-refractivity contribution >= 4 is 30.7 Å². The molecule has 0 atom stereocenters. The van der Waals surface area contributed by atoms with Gasteiger partial charge in [-0.1, -0.05) is 18.9 Å². The van der Waals surface area contributed by atoms with Crippen LogP contribution in [0.25, 0.3) is 0 Å². The summed E-state index contributed by atoms with van der Waals surface area (Å²) in [6.07, 6.45) is 7.55. The van der Waals surface area contributed by atoms with Gasteiger partial charge in [-0.15, -0.1) is 24.8 Å². The van der Waals surface area contributed by atoms with Crippen molar-refractivity contribution in [2.24, 2.45) is 11.1 Å². The Kier molecular flexibility index (Phi) is 7.99. The summed E-state index contributed by atoms with van der Waals surface area (Å²) in [6.45, 7) is 0.986. The topological polar surface area (TPSA) is 68.0 Å². The van der Waals surface area contributed by atoms with Gasteiger partial charge >= 0.3 is 0 Å². The van der Waals surface area contributed by atoms with E-state index in [1.54, 1.807) is 12.4 Å². The van der Waals surface area contributed by atoms with E-state index in [1.807, 2.05) is 12.1 Å². The maximum absolute atomic E-state index is 12.2. The zero-order chi connectivity index (χ0) is 12.1. The number of hydrogen-bond acceptors (Lipinski definition) is 3. The van der Waals surface area contributed by atoms with E-state index in [2.05, 4.69) is 10.3 Å². The first kappa shape index (κ1) is 18.2. The maximum Gasteiger partial charge on any atom is 0.227 e. The Labute approximate surface area is 126 Å². The smallest absolute Gasteiger partial charge is 0.227 e.